The highest BCUT2D eigenvalue weighted by Crippen LogP contribution is 2.19. The van der Waals surface area contributed by atoms with Gasteiger partial charge in [0.2, 0.25) is 0 Å². The van der Waals surface area contributed by atoms with E-state index in [1.54, 1.807) is 0 Å². The number of halogens is 1. The molecule has 0 radical (unpaired) electrons. The van der Waals surface area contributed by atoms with Crippen LogP contribution in [-0.4, -0.2) is 18.3 Å². The monoisotopic (exact) mass is 241 g/mol. The van der Waals surface area contributed by atoms with Crippen molar-refractivity contribution in [3.63, 3.8) is 0 Å². The van der Waals surface area contributed by atoms with E-state index in [2.05, 4.69) is 19.2 Å². The second-order valence-electron chi connectivity index (χ2n) is 4.52. The average molecular weight is 242 g/mol. The van der Waals surface area contributed by atoms with Crippen molar-refractivity contribution in [3.8, 4) is 0 Å². The third-order valence-electron chi connectivity index (χ3n) is 3.06. The Morgan fingerprint density at radius 1 is 1.38 bits per heavy atom. The van der Waals surface area contributed by atoms with E-state index in [9.17, 15) is 5.11 Å². The summed E-state index contributed by atoms with van der Waals surface area (Å²) in [6.07, 6.45) is 0.957. The van der Waals surface area contributed by atoms with Crippen molar-refractivity contribution in [2.75, 3.05) is 13.2 Å². The second kappa shape index (κ2) is 6.24. The Bertz CT molecular complexity index is 323. The van der Waals surface area contributed by atoms with Gasteiger partial charge in [0.1, 0.15) is 0 Å². The van der Waals surface area contributed by atoms with Gasteiger partial charge in [-0.1, -0.05) is 43.6 Å². The molecule has 0 saturated carbocycles. The molecule has 16 heavy (non-hydrogen) atoms. The quantitative estimate of drug-likeness (QED) is 0.803. The topological polar surface area (TPSA) is 32.3 Å². The first kappa shape index (κ1) is 13.5. The summed E-state index contributed by atoms with van der Waals surface area (Å²) in [5.74, 6) is 0. The maximum Gasteiger partial charge on any atom is 0.0496 e. The van der Waals surface area contributed by atoms with E-state index < -0.39 is 0 Å². The lowest BCUT2D eigenvalue weighted by Crippen LogP contribution is -2.34. The molecule has 0 aliphatic heterocycles. The first-order valence-electron chi connectivity index (χ1n) is 5.66. The van der Waals surface area contributed by atoms with Crippen molar-refractivity contribution < 1.29 is 5.11 Å². The predicted octanol–water partition coefficient (Wildman–Crippen LogP) is 2.84. The average Bonchev–Trinajstić information content (AvgIpc) is 2.31. The molecule has 1 aromatic rings. The van der Waals surface area contributed by atoms with Crippen LogP contribution in [-0.2, 0) is 6.54 Å². The van der Waals surface area contributed by atoms with E-state index in [1.165, 1.54) is 0 Å². The molecule has 90 valence electrons. The predicted molar refractivity (Wildman–Crippen MR) is 68.6 cm³/mol. The molecule has 1 unspecified atom stereocenters. The van der Waals surface area contributed by atoms with Crippen LogP contribution in [0.15, 0.2) is 24.3 Å². The zero-order valence-electron chi connectivity index (χ0n) is 9.96. The summed E-state index contributed by atoms with van der Waals surface area (Å²) < 4.78 is 0. The smallest absolute Gasteiger partial charge is 0.0496 e. The Balaban J connectivity index is 2.44. The lowest BCUT2D eigenvalue weighted by Gasteiger charge is -2.26. The van der Waals surface area contributed by atoms with Gasteiger partial charge in [0, 0.05) is 30.1 Å². The molecule has 0 aliphatic carbocycles. The van der Waals surface area contributed by atoms with Crippen LogP contribution in [0.25, 0.3) is 0 Å². The van der Waals surface area contributed by atoms with Gasteiger partial charge in [0.25, 0.3) is 0 Å². The summed E-state index contributed by atoms with van der Waals surface area (Å²) in [6.45, 7) is 5.92. The number of rotatable bonds is 6. The van der Waals surface area contributed by atoms with Gasteiger partial charge in [-0.25, -0.2) is 0 Å². The molecule has 0 heterocycles. The minimum absolute atomic E-state index is 0.0404. The zero-order chi connectivity index (χ0) is 12.0. The molecule has 1 rings (SSSR count). The maximum atomic E-state index is 9.27. The largest absolute Gasteiger partial charge is 0.396 e. The zero-order valence-corrected chi connectivity index (χ0v) is 10.7. The SMILES string of the molecule is CCC(C)(CO)CNCc1ccccc1Cl. The molecule has 3 heteroatoms. The van der Waals surface area contributed by atoms with Gasteiger partial charge in [0.15, 0.2) is 0 Å². The minimum Gasteiger partial charge on any atom is -0.396 e. The lowest BCUT2D eigenvalue weighted by atomic mass is 9.88. The van der Waals surface area contributed by atoms with Crippen LogP contribution >= 0.6 is 11.6 Å². The highest BCUT2D eigenvalue weighted by Gasteiger charge is 2.20. The standard InChI is InChI=1S/C13H20ClNO/c1-3-13(2,10-16)9-15-8-11-6-4-5-7-12(11)14/h4-7,15-16H,3,8-10H2,1-2H3. The van der Waals surface area contributed by atoms with Crippen molar-refractivity contribution in [1.29, 1.82) is 0 Å². The Morgan fingerprint density at radius 2 is 2.06 bits per heavy atom. The summed E-state index contributed by atoms with van der Waals surface area (Å²) in [5.41, 5.74) is 1.06. The Labute approximate surface area is 103 Å². The minimum atomic E-state index is -0.0404. The van der Waals surface area contributed by atoms with Crippen molar-refractivity contribution in [1.82, 2.24) is 5.32 Å². The fraction of sp³-hybridized carbons (Fsp3) is 0.538. The van der Waals surface area contributed by atoms with Crippen LogP contribution in [0.5, 0.6) is 0 Å². The van der Waals surface area contributed by atoms with Crippen LogP contribution in [0.3, 0.4) is 0 Å². The van der Waals surface area contributed by atoms with Crippen molar-refractivity contribution in [3.05, 3.63) is 34.9 Å². The molecule has 0 amide bonds. The molecule has 0 bridgehead atoms. The number of aliphatic hydroxyl groups is 1. The maximum absolute atomic E-state index is 9.27. The summed E-state index contributed by atoms with van der Waals surface area (Å²) in [7, 11) is 0. The highest BCUT2D eigenvalue weighted by molar-refractivity contribution is 6.31. The van der Waals surface area contributed by atoms with Gasteiger partial charge in [-0.3, -0.25) is 0 Å². The van der Waals surface area contributed by atoms with E-state index in [0.29, 0.717) is 0 Å². The third-order valence-corrected chi connectivity index (χ3v) is 3.43. The number of benzene rings is 1. The lowest BCUT2D eigenvalue weighted by molar-refractivity contribution is 0.135. The molecule has 0 aliphatic rings. The first-order chi connectivity index (χ1) is 7.61. The van der Waals surface area contributed by atoms with Crippen molar-refractivity contribution in [2.24, 2.45) is 5.41 Å². The van der Waals surface area contributed by atoms with E-state index in [1.807, 2.05) is 24.3 Å². The van der Waals surface area contributed by atoms with Gasteiger partial charge in [-0.05, 0) is 18.1 Å². The molecule has 0 saturated heterocycles. The molecule has 0 spiro atoms. The molecule has 0 fully saturated rings. The number of nitrogens with one attached hydrogen (secondary N) is 1. The van der Waals surface area contributed by atoms with Crippen LogP contribution in [0.1, 0.15) is 25.8 Å². The van der Waals surface area contributed by atoms with Crippen LogP contribution in [0.2, 0.25) is 5.02 Å². The van der Waals surface area contributed by atoms with Crippen LogP contribution < -0.4 is 5.32 Å². The number of hydrogen-bond donors (Lipinski definition) is 2. The van der Waals surface area contributed by atoms with Gasteiger partial charge in [-0.2, -0.15) is 0 Å². The van der Waals surface area contributed by atoms with Gasteiger partial charge in [-0.15, -0.1) is 0 Å². The van der Waals surface area contributed by atoms with Crippen LogP contribution in [0.4, 0.5) is 0 Å². The molecular weight excluding hydrogens is 222 g/mol. The Hall–Kier alpha value is -0.570. The first-order valence-corrected chi connectivity index (χ1v) is 6.04. The summed E-state index contributed by atoms with van der Waals surface area (Å²) in [5, 5.41) is 13.4. The third kappa shape index (κ3) is 3.78. The van der Waals surface area contributed by atoms with Gasteiger partial charge < -0.3 is 10.4 Å². The molecule has 0 aromatic heterocycles. The highest BCUT2D eigenvalue weighted by atomic mass is 35.5. The Kier molecular flexibility index (Phi) is 5.26. The van der Waals surface area contributed by atoms with E-state index in [-0.39, 0.29) is 12.0 Å². The summed E-state index contributed by atoms with van der Waals surface area (Å²) in [6, 6.07) is 7.81. The fourth-order valence-corrected chi connectivity index (χ4v) is 1.64. The molecule has 2 nitrogen and oxygen atoms in total. The normalized spacial score (nSPS) is 14.8. The molecule has 1 aromatic carbocycles. The second-order valence-corrected chi connectivity index (χ2v) is 4.92. The van der Waals surface area contributed by atoms with Gasteiger partial charge >= 0.3 is 0 Å². The van der Waals surface area contributed by atoms with Crippen LogP contribution in [0, 0.1) is 5.41 Å². The molecular formula is C13H20ClNO. The summed E-state index contributed by atoms with van der Waals surface area (Å²) >= 11 is 6.05. The van der Waals surface area contributed by atoms with E-state index >= 15 is 0 Å². The van der Waals surface area contributed by atoms with Gasteiger partial charge in [0.05, 0.1) is 0 Å². The Morgan fingerprint density at radius 3 is 2.62 bits per heavy atom. The molecule has 1 atom stereocenters. The summed E-state index contributed by atoms with van der Waals surface area (Å²) in [4.78, 5) is 0. The van der Waals surface area contributed by atoms with Crippen molar-refractivity contribution in [2.45, 2.75) is 26.8 Å². The molecule has 2 N–H and O–H groups in total. The fourth-order valence-electron chi connectivity index (χ4n) is 1.43. The van der Waals surface area contributed by atoms with Crippen molar-refractivity contribution >= 4 is 11.6 Å². The number of aliphatic hydroxyl groups excluding tert-OH is 1. The van der Waals surface area contributed by atoms with E-state index in [0.717, 1.165) is 30.1 Å². The van der Waals surface area contributed by atoms with E-state index in [4.69, 9.17) is 11.6 Å². The number of hydrogen-bond acceptors (Lipinski definition) is 2.